The molecule has 0 saturated carbocycles. The Morgan fingerprint density at radius 2 is 2.16 bits per heavy atom. The van der Waals surface area contributed by atoms with Gasteiger partial charge in [-0.3, -0.25) is 4.90 Å². The van der Waals surface area contributed by atoms with Crippen LogP contribution < -0.4 is 5.73 Å². The topological polar surface area (TPSA) is 42.4 Å². The highest BCUT2D eigenvalue weighted by Gasteiger charge is 2.17. The Hall–Kier alpha value is -1.10. The van der Waals surface area contributed by atoms with E-state index in [0.29, 0.717) is 6.54 Å². The van der Waals surface area contributed by atoms with Crippen molar-refractivity contribution < 1.29 is 4.42 Å². The average Bonchev–Trinajstić information content (AvgIpc) is 2.87. The smallest absolute Gasteiger partial charge is 0.117 e. The number of rotatable bonds is 5. The van der Waals surface area contributed by atoms with Gasteiger partial charge in [-0.15, -0.1) is 0 Å². The first-order valence-corrected chi connectivity index (χ1v) is 7.10. The van der Waals surface area contributed by atoms with Crippen LogP contribution >= 0.6 is 15.9 Å². The zero-order chi connectivity index (χ0) is 13.8. The number of furan rings is 1. The van der Waals surface area contributed by atoms with Gasteiger partial charge in [0.2, 0.25) is 0 Å². The summed E-state index contributed by atoms with van der Waals surface area (Å²) in [4.78, 5) is 2.20. The second kappa shape index (κ2) is 6.37. The molecule has 3 nitrogen and oxygen atoms in total. The molecule has 0 aliphatic heterocycles. The third-order valence-corrected chi connectivity index (χ3v) is 4.18. The summed E-state index contributed by atoms with van der Waals surface area (Å²) in [6, 6.07) is 10.5. The van der Waals surface area contributed by atoms with E-state index in [1.54, 1.807) is 6.26 Å². The quantitative estimate of drug-likeness (QED) is 0.916. The van der Waals surface area contributed by atoms with Crippen molar-refractivity contribution >= 4 is 15.9 Å². The molecule has 1 unspecified atom stereocenters. The van der Waals surface area contributed by atoms with Gasteiger partial charge in [0.1, 0.15) is 5.76 Å². The van der Waals surface area contributed by atoms with Crippen LogP contribution in [0.4, 0.5) is 0 Å². The molecule has 1 aromatic heterocycles. The first-order chi connectivity index (χ1) is 9.11. The largest absolute Gasteiger partial charge is 0.468 e. The Bertz CT molecular complexity index is 525. The number of halogens is 1. The lowest BCUT2D eigenvalue weighted by molar-refractivity contribution is 0.223. The molecule has 2 rings (SSSR count). The normalized spacial score (nSPS) is 12.9. The van der Waals surface area contributed by atoms with E-state index in [0.717, 1.165) is 16.8 Å². The molecule has 0 aliphatic rings. The highest BCUT2D eigenvalue weighted by atomic mass is 79.9. The molecule has 0 amide bonds. The van der Waals surface area contributed by atoms with Gasteiger partial charge in [-0.25, -0.2) is 0 Å². The van der Waals surface area contributed by atoms with Gasteiger partial charge < -0.3 is 10.2 Å². The number of nitrogens with zero attached hydrogens (tertiary/aromatic N) is 1. The van der Waals surface area contributed by atoms with Crippen LogP contribution in [0.3, 0.4) is 0 Å². The summed E-state index contributed by atoms with van der Waals surface area (Å²) >= 11 is 3.58. The van der Waals surface area contributed by atoms with Crippen LogP contribution in [0, 0.1) is 6.92 Å². The molecule has 1 heterocycles. The third-order valence-electron chi connectivity index (χ3n) is 3.32. The Balaban J connectivity index is 2.16. The van der Waals surface area contributed by atoms with Crippen molar-refractivity contribution in [2.24, 2.45) is 5.73 Å². The second-order valence-electron chi connectivity index (χ2n) is 4.75. The van der Waals surface area contributed by atoms with Crippen molar-refractivity contribution in [2.75, 3.05) is 13.6 Å². The maximum atomic E-state index is 5.94. The van der Waals surface area contributed by atoms with Gasteiger partial charge in [-0.1, -0.05) is 28.1 Å². The Morgan fingerprint density at radius 3 is 2.74 bits per heavy atom. The summed E-state index contributed by atoms with van der Waals surface area (Å²) in [6.07, 6.45) is 1.70. The maximum absolute atomic E-state index is 5.94. The van der Waals surface area contributed by atoms with Crippen LogP contribution in [0.25, 0.3) is 0 Å². The zero-order valence-electron chi connectivity index (χ0n) is 11.3. The number of benzene rings is 1. The first kappa shape index (κ1) is 14.3. The molecule has 0 radical (unpaired) electrons. The Labute approximate surface area is 122 Å². The maximum Gasteiger partial charge on any atom is 0.117 e. The van der Waals surface area contributed by atoms with E-state index in [1.807, 2.05) is 12.1 Å². The molecule has 0 spiro atoms. The molecule has 1 atom stereocenters. The molecule has 1 aromatic carbocycles. The number of nitrogens with two attached hydrogens (primary N) is 1. The van der Waals surface area contributed by atoms with E-state index in [-0.39, 0.29) is 6.04 Å². The van der Waals surface area contributed by atoms with E-state index in [2.05, 4.69) is 53.0 Å². The van der Waals surface area contributed by atoms with Gasteiger partial charge >= 0.3 is 0 Å². The van der Waals surface area contributed by atoms with Gasteiger partial charge in [-0.05, 0) is 43.3 Å². The van der Waals surface area contributed by atoms with E-state index in [4.69, 9.17) is 10.2 Å². The fraction of sp³-hybridized carbons (Fsp3) is 0.333. The number of aryl methyl sites for hydroxylation is 1. The Kier molecular flexibility index (Phi) is 4.80. The lowest BCUT2D eigenvalue weighted by atomic mass is 10.0. The van der Waals surface area contributed by atoms with Crippen LogP contribution in [0.2, 0.25) is 0 Å². The van der Waals surface area contributed by atoms with E-state index < -0.39 is 0 Å². The van der Waals surface area contributed by atoms with E-state index in [1.165, 1.54) is 11.1 Å². The molecule has 4 heteroatoms. The molecule has 0 fully saturated rings. The predicted octanol–water partition coefficient (Wildman–Crippen LogP) is 3.48. The number of hydrogen-bond donors (Lipinski definition) is 1. The van der Waals surface area contributed by atoms with Crippen LogP contribution in [-0.4, -0.2) is 18.5 Å². The highest BCUT2D eigenvalue weighted by Crippen LogP contribution is 2.25. The molecule has 0 bridgehead atoms. The minimum Gasteiger partial charge on any atom is -0.468 e. The second-order valence-corrected chi connectivity index (χ2v) is 5.61. The standard InChI is InChI=1S/C15H19BrN2O/c1-11-5-6-12(8-14(11)16)15(9-17)18(2)10-13-4-3-7-19-13/h3-8,15H,9-10,17H2,1-2H3. The van der Waals surface area contributed by atoms with Crippen LogP contribution in [0.1, 0.15) is 22.9 Å². The fourth-order valence-corrected chi connectivity index (χ4v) is 2.54. The van der Waals surface area contributed by atoms with Crippen molar-refractivity contribution in [3.05, 3.63) is 58.0 Å². The molecule has 102 valence electrons. The Morgan fingerprint density at radius 1 is 1.37 bits per heavy atom. The van der Waals surface area contributed by atoms with Crippen molar-refractivity contribution in [2.45, 2.75) is 19.5 Å². The predicted molar refractivity (Wildman–Crippen MR) is 80.8 cm³/mol. The van der Waals surface area contributed by atoms with Gasteiger partial charge in [0.05, 0.1) is 12.8 Å². The van der Waals surface area contributed by atoms with Crippen molar-refractivity contribution in [1.82, 2.24) is 4.90 Å². The summed E-state index contributed by atoms with van der Waals surface area (Å²) < 4.78 is 6.51. The first-order valence-electron chi connectivity index (χ1n) is 6.30. The summed E-state index contributed by atoms with van der Waals surface area (Å²) in [6.45, 7) is 3.41. The van der Waals surface area contributed by atoms with Gasteiger partial charge in [-0.2, -0.15) is 0 Å². The summed E-state index contributed by atoms with van der Waals surface area (Å²) in [5, 5.41) is 0. The van der Waals surface area contributed by atoms with Crippen LogP contribution in [-0.2, 0) is 6.54 Å². The lowest BCUT2D eigenvalue weighted by Crippen LogP contribution is -2.30. The molecular formula is C15H19BrN2O. The van der Waals surface area contributed by atoms with E-state index >= 15 is 0 Å². The van der Waals surface area contributed by atoms with Gasteiger partial charge in [0.25, 0.3) is 0 Å². The summed E-state index contributed by atoms with van der Waals surface area (Å²) in [5.41, 5.74) is 8.38. The minimum absolute atomic E-state index is 0.182. The van der Waals surface area contributed by atoms with Crippen molar-refractivity contribution in [1.29, 1.82) is 0 Å². The third kappa shape index (κ3) is 3.47. The monoisotopic (exact) mass is 322 g/mol. The zero-order valence-corrected chi connectivity index (χ0v) is 12.9. The molecule has 2 aromatic rings. The molecule has 19 heavy (non-hydrogen) atoms. The minimum atomic E-state index is 0.182. The highest BCUT2D eigenvalue weighted by molar-refractivity contribution is 9.10. The molecular weight excluding hydrogens is 304 g/mol. The lowest BCUT2D eigenvalue weighted by Gasteiger charge is -2.27. The van der Waals surface area contributed by atoms with Crippen molar-refractivity contribution in [3.8, 4) is 0 Å². The van der Waals surface area contributed by atoms with Gasteiger partial charge in [0.15, 0.2) is 0 Å². The molecule has 2 N–H and O–H groups in total. The number of likely N-dealkylation sites (N-methyl/N-ethyl adjacent to an activating group) is 1. The van der Waals surface area contributed by atoms with Crippen molar-refractivity contribution in [3.63, 3.8) is 0 Å². The van der Waals surface area contributed by atoms with Crippen LogP contribution in [0.5, 0.6) is 0 Å². The summed E-state index contributed by atoms with van der Waals surface area (Å²) in [7, 11) is 2.06. The van der Waals surface area contributed by atoms with E-state index in [9.17, 15) is 0 Å². The SMILES string of the molecule is Cc1ccc(C(CN)N(C)Cc2ccco2)cc1Br. The van der Waals surface area contributed by atoms with Crippen LogP contribution in [0.15, 0.2) is 45.5 Å². The summed E-state index contributed by atoms with van der Waals surface area (Å²) in [5.74, 6) is 0.951. The number of hydrogen-bond acceptors (Lipinski definition) is 3. The average molecular weight is 323 g/mol. The fourth-order valence-electron chi connectivity index (χ4n) is 2.15. The molecule has 0 aliphatic carbocycles. The molecule has 0 saturated heterocycles. The van der Waals surface area contributed by atoms with Gasteiger partial charge in [0, 0.05) is 17.1 Å².